The first-order chi connectivity index (χ1) is 11.9. The molecule has 0 spiro atoms. The van der Waals surface area contributed by atoms with Crippen LogP contribution in [0.3, 0.4) is 0 Å². The SMILES string of the molecule is CN(Cc1cc(=O)n2ccccc2n1)C(c1ccccc1)C(F)(F)F. The van der Waals surface area contributed by atoms with Gasteiger partial charge < -0.3 is 0 Å². The lowest BCUT2D eigenvalue weighted by Crippen LogP contribution is -2.36. The third-order valence-corrected chi connectivity index (χ3v) is 3.90. The molecule has 0 saturated carbocycles. The third kappa shape index (κ3) is 3.71. The summed E-state index contributed by atoms with van der Waals surface area (Å²) < 4.78 is 42.0. The minimum atomic E-state index is -4.44. The molecule has 3 aromatic rings. The molecule has 0 bridgehead atoms. The Hall–Kier alpha value is -2.67. The van der Waals surface area contributed by atoms with Crippen molar-refractivity contribution in [2.24, 2.45) is 0 Å². The standard InChI is InChI=1S/C18H16F3N3O/c1-23(17(18(19,20)21)13-7-3-2-4-8-13)12-14-11-16(25)24-10-6-5-9-15(24)22-14/h2-11,17H,12H2,1H3. The van der Waals surface area contributed by atoms with Crippen molar-refractivity contribution < 1.29 is 13.2 Å². The Bertz CT molecular complexity index is 922. The minimum absolute atomic E-state index is 0.0975. The zero-order valence-electron chi connectivity index (χ0n) is 13.4. The van der Waals surface area contributed by atoms with Crippen LogP contribution in [0, 0.1) is 0 Å². The lowest BCUT2D eigenvalue weighted by atomic mass is 10.1. The number of benzene rings is 1. The predicted molar refractivity (Wildman–Crippen MR) is 88.2 cm³/mol. The Morgan fingerprint density at radius 2 is 1.80 bits per heavy atom. The number of hydrogen-bond donors (Lipinski definition) is 0. The number of nitrogens with zero attached hydrogens (tertiary/aromatic N) is 3. The molecule has 2 heterocycles. The molecule has 0 aliphatic carbocycles. The lowest BCUT2D eigenvalue weighted by Gasteiger charge is -2.30. The van der Waals surface area contributed by atoms with Gasteiger partial charge in [-0.3, -0.25) is 14.1 Å². The van der Waals surface area contributed by atoms with Gasteiger partial charge in [0.05, 0.1) is 5.69 Å². The van der Waals surface area contributed by atoms with Gasteiger partial charge in [-0.2, -0.15) is 13.2 Å². The van der Waals surface area contributed by atoms with Crippen molar-refractivity contribution in [3.8, 4) is 0 Å². The van der Waals surface area contributed by atoms with Gasteiger partial charge in [-0.05, 0) is 24.7 Å². The van der Waals surface area contributed by atoms with Crippen LogP contribution in [0.15, 0.2) is 65.6 Å². The molecule has 0 saturated heterocycles. The molecule has 0 N–H and O–H groups in total. The van der Waals surface area contributed by atoms with Gasteiger partial charge in [-0.25, -0.2) is 4.98 Å². The first-order valence-electron chi connectivity index (χ1n) is 7.65. The maximum absolute atomic E-state index is 13.6. The highest BCUT2D eigenvalue weighted by molar-refractivity contribution is 5.38. The van der Waals surface area contributed by atoms with E-state index >= 15 is 0 Å². The van der Waals surface area contributed by atoms with Crippen molar-refractivity contribution in [3.05, 3.63) is 82.4 Å². The van der Waals surface area contributed by atoms with Crippen LogP contribution in [-0.2, 0) is 6.54 Å². The number of alkyl halides is 3. The van der Waals surface area contributed by atoms with Gasteiger partial charge in [0.15, 0.2) is 0 Å². The summed E-state index contributed by atoms with van der Waals surface area (Å²) in [5.74, 6) is 0. The maximum atomic E-state index is 13.6. The summed E-state index contributed by atoms with van der Waals surface area (Å²) in [4.78, 5) is 17.5. The van der Waals surface area contributed by atoms with E-state index in [4.69, 9.17) is 0 Å². The second kappa shape index (κ2) is 6.68. The summed E-state index contributed by atoms with van der Waals surface area (Å²) in [5.41, 5.74) is 0.526. The molecule has 25 heavy (non-hydrogen) atoms. The number of aromatic nitrogens is 2. The molecule has 1 aromatic carbocycles. The molecular weight excluding hydrogens is 331 g/mol. The molecule has 1 unspecified atom stereocenters. The van der Waals surface area contributed by atoms with Crippen LogP contribution in [0.5, 0.6) is 0 Å². The van der Waals surface area contributed by atoms with Crippen LogP contribution in [-0.4, -0.2) is 27.5 Å². The second-order valence-electron chi connectivity index (χ2n) is 5.78. The van der Waals surface area contributed by atoms with Gasteiger partial charge in [0, 0.05) is 18.8 Å². The van der Waals surface area contributed by atoms with Crippen molar-refractivity contribution in [2.45, 2.75) is 18.8 Å². The number of fused-ring (bicyclic) bond motifs is 1. The Kier molecular flexibility index (Phi) is 4.59. The summed E-state index contributed by atoms with van der Waals surface area (Å²) in [7, 11) is 1.37. The molecule has 7 heteroatoms. The molecular formula is C18H16F3N3O. The molecule has 1 atom stereocenters. The van der Waals surface area contributed by atoms with Crippen LogP contribution >= 0.6 is 0 Å². The van der Waals surface area contributed by atoms with E-state index in [0.717, 1.165) is 4.90 Å². The molecule has 3 rings (SSSR count). The summed E-state index contributed by atoms with van der Waals surface area (Å²) in [6, 6.07) is 12.2. The number of hydrogen-bond acceptors (Lipinski definition) is 3. The van der Waals surface area contributed by atoms with Crippen LogP contribution < -0.4 is 5.56 Å². The highest BCUT2D eigenvalue weighted by Gasteiger charge is 2.43. The van der Waals surface area contributed by atoms with E-state index in [9.17, 15) is 18.0 Å². The van der Waals surface area contributed by atoms with E-state index in [2.05, 4.69) is 4.98 Å². The summed E-state index contributed by atoms with van der Waals surface area (Å²) in [5, 5.41) is 0. The van der Waals surface area contributed by atoms with Crippen molar-refractivity contribution in [1.29, 1.82) is 0 Å². The largest absolute Gasteiger partial charge is 0.408 e. The molecule has 0 aliphatic heterocycles. The molecule has 0 fully saturated rings. The first-order valence-corrected chi connectivity index (χ1v) is 7.65. The van der Waals surface area contributed by atoms with Gasteiger partial charge in [0.1, 0.15) is 11.7 Å². The number of halogens is 3. The van der Waals surface area contributed by atoms with Crippen LogP contribution in [0.4, 0.5) is 13.2 Å². The zero-order chi connectivity index (χ0) is 18.0. The van der Waals surface area contributed by atoms with Gasteiger partial charge in [0.2, 0.25) is 0 Å². The monoisotopic (exact) mass is 347 g/mol. The second-order valence-corrected chi connectivity index (χ2v) is 5.78. The smallest absolute Gasteiger partial charge is 0.286 e. The summed E-state index contributed by atoms with van der Waals surface area (Å²) in [6.45, 7) is -0.0975. The Balaban J connectivity index is 1.94. The fourth-order valence-corrected chi connectivity index (χ4v) is 2.86. The topological polar surface area (TPSA) is 37.6 Å². The van der Waals surface area contributed by atoms with Crippen molar-refractivity contribution in [2.75, 3.05) is 7.05 Å². The van der Waals surface area contributed by atoms with Gasteiger partial charge in [-0.1, -0.05) is 36.4 Å². The fourth-order valence-electron chi connectivity index (χ4n) is 2.86. The van der Waals surface area contributed by atoms with E-state index in [1.807, 2.05) is 0 Å². The summed E-state index contributed by atoms with van der Waals surface area (Å²) >= 11 is 0. The first kappa shape index (κ1) is 17.2. The Morgan fingerprint density at radius 1 is 1.12 bits per heavy atom. The van der Waals surface area contributed by atoms with Crippen molar-refractivity contribution >= 4 is 5.65 Å². The van der Waals surface area contributed by atoms with Crippen molar-refractivity contribution in [1.82, 2.24) is 14.3 Å². The lowest BCUT2D eigenvalue weighted by molar-refractivity contribution is -0.184. The van der Waals surface area contributed by atoms with Crippen LogP contribution in [0.1, 0.15) is 17.3 Å². The molecule has 2 aromatic heterocycles. The Morgan fingerprint density at radius 3 is 2.48 bits per heavy atom. The highest BCUT2D eigenvalue weighted by Crippen LogP contribution is 2.37. The quantitative estimate of drug-likeness (QED) is 0.726. The van der Waals surface area contributed by atoms with Gasteiger partial charge in [0.25, 0.3) is 5.56 Å². The molecule has 4 nitrogen and oxygen atoms in total. The van der Waals surface area contributed by atoms with E-state index in [-0.39, 0.29) is 17.7 Å². The van der Waals surface area contributed by atoms with E-state index in [1.54, 1.807) is 42.6 Å². The van der Waals surface area contributed by atoms with E-state index in [1.165, 1.54) is 29.6 Å². The third-order valence-electron chi connectivity index (χ3n) is 3.90. The zero-order valence-corrected chi connectivity index (χ0v) is 13.4. The normalized spacial score (nSPS) is 13.3. The molecule has 0 aliphatic rings. The van der Waals surface area contributed by atoms with Gasteiger partial charge >= 0.3 is 6.18 Å². The minimum Gasteiger partial charge on any atom is -0.286 e. The van der Waals surface area contributed by atoms with E-state index < -0.39 is 12.2 Å². The average molecular weight is 347 g/mol. The highest BCUT2D eigenvalue weighted by atomic mass is 19.4. The summed E-state index contributed by atoms with van der Waals surface area (Å²) in [6.07, 6.45) is -2.87. The predicted octanol–water partition coefficient (Wildman–Crippen LogP) is 3.43. The molecule has 130 valence electrons. The van der Waals surface area contributed by atoms with Crippen LogP contribution in [0.25, 0.3) is 5.65 Å². The molecule has 0 amide bonds. The number of rotatable bonds is 4. The van der Waals surface area contributed by atoms with Crippen LogP contribution in [0.2, 0.25) is 0 Å². The number of pyridine rings is 1. The Labute approximate surface area is 142 Å². The fraction of sp³-hybridized carbons (Fsp3) is 0.222. The van der Waals surface area contributed by atoms with Crippen molar-refractivity contribution in [3.63, 3.8) is 0 Å². The maximum Gasteiger partial charge on any atom is 0.408 e. The van der Waals surface area contributed by atoms with E-state index in [0.29, 0.717) is 11.3 Å². The average Bonchev–Trinajstić information content (AvgIpc) is 2.54. The van der Waals surface area contributed by atoms with Gasteiger partial charge in [-0.15, -0.1) is 0 Å². The molecule has 0 radical (unpaired) electrons.